The Bertz CT molecular complexity index is 1060. The Kier molecular flexibility index (Phi) is 6.36. The van der Waals surface area contributed by atoms with Crippen LogP contribution in [0.15, 0.2) is 77.7 Å². The summed E-state index contributed by atoms with van der Waals surface area (Å²) in [6.07, 6.45) is 1.73. The normalized spacial score (nSPS) is 10.3. The standard InChI is InChI=1S/C21H19N3O5/c25-20(15-29-19-5-3-4-18(12-19)24(27)28)22-13-16-7-9-17(10-8-16)14-23-11-2-1-6-21(23)26/h1-12H,13-15H2,(H,22,25). The average Bonchev–Trinajstić information content (AvgIpc) is 2.73. The Morgan fingerprint density at radius 3 is 2.52 bits per heavy atom. The van der Waals surface area contributed by atoms with Crippen LogP contribution in [-0.4, -0.2) is 22.0 Å². The van der Waals surface area contributed by atoms with Gasteiger partial charge in [-0.05, 0) is 23.3 Å². The van der Waals surface area contributed by atoms with Crippen LogP contribution in [0, 0.1) is 10.1 Å². The zero-order chi connectivity index (χ0) is 20.6. The van der Waals surface area contributed by atoms with E-state index in [2.05, 4.69) is 5.32 Å². The maximum absolute atomic E-state index is 11.9. The Labute approximate surface area is 166 Å². The SMILES string of the molecule is O=C(COc1cccc([N+](=O)[O-])c1)NCc1ccc(Cn2ccccc2=O)cc1. The molecule has 1 N–H and O–H groups in total. The molecule has 0 saturated heterocycles. The van der Waals surface area contributed by atoms with Gasteiger partial charge in [0.15, 0.2) is 6.61 Å². The van der Waals surface area contributed by atoms with Crippen LogP contribution in [0.4, 0.5) is 5.69 Å². The fourth-order valence-corrected chi connectivity index (χ4v) is 2.64. The van der Waals surface area contributed by atoms with Crippen LogP contribution in [0.25, 0.3) is 0 Å². The van der Waals surface area contributed by atoms with E-state index in [9.17, 15) is 19.7 Å². The third-order valence-electron chi connectivity index (χ3n) is 4.16. The van der Waals surface area contributed by atoms with Crippen LogP contribution in [0.5, 0.6) is 5.75 Å². The molecular formula is C21H19N3O5. The van der Waals surface area contributed by atoms with Crippen LogP contribution in [0.3, 0.4) is 0 Å². The molecule has 1 heterocycles. The van der Waals surface area contributed by atoms with E-state index in [1.165, 1.54) is 24.3 Å². The molecule has 2 aromatic carbocycles. The zero-order valence-electron chi connectivity index (χ0n) is 15.5. The summed E-state index contributed by atoms with van der Waals surface area (Å²) < 4.78 is 6.91. The summed E-state index contributed by atoms with van der Waals surface area (Å²) in [6, 6.07) is 18.3. The minimum absolute atomic E-state index is 0.0624. The van der Waals surface area contributed by atoms with Crippen molar-refractivity contribution in [2.24, 2.45) is 0 Å². The number of pyridine rings is 1. The predicted octanol–water partition coefficient (Wildman–Crippen LogP) is 2.50. The zero-order valence-corrected chi connectivity index (χ0v) is 15.5. The molecule has 8 nitrogen and oxygen atoms in total. The van der Waals surface area contributed by atoms with Crippen molar-refractivity contribution >= 4 is 11.6 Å². The Morgan fingerprint density at radius 1 is 1.03 bits per heavy atom. The molecule has 0 saturated carbocycles. The highest BCUT2D eigenvalue weighted by molar-refractivity contribution is 5.77. The molecule has 0 aliphatic rings. The Morgan fingerprint density at radius 2 is 1.79 bits per heavy atom. The monoisotopic (exact) mass is 393 g/mol. The Hall–Kier alpha value is -3.94. The first-order valence-corrected chi connectivity index (χ1v) is 8.88. The highest BCUT2D eigenvalue weighted by atomic mass is 16.6. The van der Waals surface area contributed by atoms with Crippen LogP contribution in [-0.2, 0) is 17.9 Å². The largest absolute Gasteiger partial charge is 0.484 e. The lowest BCUT2D eigenvalue weighted by Gasteiger charge is -2.09. The molecular weight excluding hydrogens is 374 g/mol. The molecule has 3 rings (SSSR count). The third-order valence-corrected chi connectivity index (χ3v) is 4.16. The first-order chi connectivity index (χ1) is 14.0. The van der Waals surface area contributed by atoms with Crippen molar-refractivity contribution in [3.05, 3.63) is 105 Å². The van der Waals surface area contributed by atoms with Crippen molar-refractivity contribution in [3.63, 3.8) is 0 Å². The van der Waals surface area contributed by atoms with Crippen molar-refractivity contribution in [3.8, 4) is 5.75 Å². The highest BCUT2D eigenvalue weighted by Crippen LogP contribution is 2.18. The van der Waals surface area contributed by atoms with Gasteiger partial charge in [0.2, 0.25) is 0 Å². The molecule has 0 aliphatic heterocycles. The summed E-state index contributed by atoms with van der Waals surface area (Å²) in [4.78, 5) is 33.9. The molecule has 0 unspecified atom stereocenters. The smallest absolute Gasteiger partial charge is 0.273 e. The third kappa shape index (κ3) is 5.77. The number of nitrogens with zero attached hydrogens (tertiary/aromatic N) is 2. The molecule has 8 heteroatoms. The number of carbonyl (C=O) groups is 1. The summed E-state index contributed by atoms with van der Waals surface area (Å²) >= 11 is 0. The number of hydrogen-bond acceptors (Lipinski definition) is 5. The van der Waals surface area contributed by atoms with Gasteiger partial charge in [0, 0.05) is 24.9 Å². The highest BCUT2D eigenvalue weighted by Gasteiger charge is 2.08. The van der Waals surface area contributed by atoms with E-state index in [0.717, 1.165) is 11.1 Å². The van der Waals surface area contributed by atoms with Gasteiger partial charge in [-0.15, -0.1) is 0 Å². The first kappa shape index (κ1) is 19.8. The van der Waals surface area contributed by atoms with Gasteiger partial charge in [0.1, 0.15) is 5.75 Å². The lowest BCUT2D eigenvalue weighted by atomic mass is 10.1. The number of benzene rings is 2. The number of carbonyl (C=O) groups excluding carboxylic acids is 1. The number of rotatable bonds is 8. The van der Waals surface area contributed by atoms with Crippen LogP contribution < -0.4 is 15.6 Å². The number of ether oxygens (including phenoxy) is 1. The van der Waals surface area contributed by atoms with Gasteiger partial charge in [-0.2, -0.15) is 0 Å². The lowest BCUT2D eigenvalue weighted by Crippen LogP contribution is -2.28. The maximum atomic E-state index is 11.9. The van der Waals surface area contributed by atoms with E-state index >= 15 is 0 Å². The van der Waals surface area contributed by atoms with Gasteiger partial charge in [0.25, 0.3) is 17.2 Å². The van der Waals surface area contributed by atoms with E-state index in [0.29, 0.717) is 13.1 Å². The second-order valence-corrected chi connectivity index (χ2v) is 6.30. The van der Waals surface area contributed by atoms with Gasteiger partial charge in [0.05, 0.1) is 17.5 Å². The minimum atomic E-state index is -0.523. The van der Waals surface area contributed by atoms with Gasteiger partial charge in [-0.1, -0.05) is 36.4 Å². The van der Waals surface area contributed by atoms with Gasteiger partial charge in [-0.3, -0.25) is 19.7 Å². The van der Waals surface area contributed by atoms with Crippen molar-refractivity contribution in [1.82, 2.24) is 9.88 Å². The molecule has 0 radical (unpaired) electrons. The van der Waals surface area contributed by atoms with E-state index in [1.54, 1.807) is 29.0 Å². The van der Waals surface area contributed by atoms with E-state index in [4.69, 9.17) is 4.74 Å². The summed E-state index contributed by atoms with van der Waals surface area (Å²) in [5.74, 6) is -0.0775. The number of nitrogens with one attached hydrogen (secondary N) is 1. The number of amides is 1. The molecule has 0 aliphatic carbocycles. The molecule has 0 fully saturated rings. The average molecular weight is 393 g/mol. The number of nitro benzene ring substituents is 1. The van der Waals surface area contributed by atoms with Gasteiger partial charge < -0.3 is 14.6 Å². The number of hydrogen-bond donors (Lipinski definition) is 1. The summed E-state index contributed by atoms with van der Waals surface area (Å²) in [5.41, 5.74) is 1.72. The second-order valence-electron chi connectivity index (χ2n) is 6.30. The van der Waals surface area contributed by atoms with Crippen molar-refractivity contribution in [1.29, 1.82) is 0 Å². The molecule has 0 bridgehead atoms. The topological polar surface area (TPSA) is 103 Å². The number of nitro groups is 1. The maximum Gasteiger partial charge on any atom is 0.273 e. The van der Waals surface area contributed by atoms with Crippen LogP contribution in [0.2, 0.25) is 0 Å². The molecule has 3 aromatic rings. The molecule has 1 amide bonds. The Balaban J connectivity index is 1.48. The molecule has 29 heavy (non-hydrogen) atoms. The van der Waals surface area contributed by atoms with E-state index in [-0.39, 0.29) is 29.5 Å². The van der Waals surface area contributed by atoms with Crippen molar-refractivity contribution in [2.45, 2.75) is 13.1 Å². The summed E-state index contributed by atoms with van der Waals surface area (Å²) in [7, 11) is 0. The van der Waals surface area contributed by atoms with E-state index in [1.807, 2.05) is 24.3 Å². The molecule has 1 aromatic heterocycles. The quantitative estimate of drug-likeness (QED) is 0.468. The molecule has 148 valence electrons. The van der Waals surface area contributed by atoms with Crippen LogP contribution in [0.1, 0.15) is 11.1 Å². The molecule has 0 spiro atoms. The minimum Gasteiger partial charge on any atom is -0.484 e. The number of non-ortho nitro benzene ring substituents is 1. The van der Waals surface area contributed by atoms with Gasteiger partial charge >= 0.3 is 0 Å². The fourth-order valence-electron chi connectivity index (χ4n) is 2.64. The fraction of sp³-hybridized carbons (Fsp3) is 0.143. The first-order valence-electron chi connectivity index (χ1n) is 8.88. The van der Waals surface area contributed by atoms with Crippen molar-refractivity contribution < 1.29 is 14.5 Å². The number of aromatic nitrogens is 1. The van der Waals surface area contributed by atoms with Gasteiger partial charge in [-0.25, -0.2) is 0 Å². The summed E-state index contributed by atoms with van der Waals surface area (Å²) in [5, 5.41) is 13.5. The second kappa shape index (κ2) is 9.32. The van der Waals surface area contributed by atoms with E-state index < -0.39 is 4.92 Å². The lowest BCUT2D eigenvalue weighted by molar-refractivity contribution is -0.384. The van der Waals surface area contributed by atoms with Crippen molar-refractivity contribution in [2.75, 3.05) is 6.61 Å². The predicted molar refractivity (Wildman–Crippen MR) is 107 cm³/mol. The summed E-state index contributed by atoms with van der Waals surface area (Å²) in [6.45, 7) is 0.558. The van der Waals surface area contributed by atoms with Crippen LogP contribution >= 0.6 is 0 Å². The molecule has 0 atom stereocenters.